The number of hydrogen-bond acceptors (Lipinski definition) is 3. The van der Waals surface area contributed by atoms with Crippen LogP contribution < -0.4 is 10.7 Å². The Morgan fingerprint density at radius 1 is 1.12 bits per heavy atom. The molecule has 0 unspecified atom stereocenters. The predicted molar refractivity (Wildman–Crippen MR) is 101 cm³/mol. The summed E-state index contributed by atoms with van der Waals surface area (Å²) in [6.45, 7) is 4.01. The number of benzene rings is 1. The van der Waals surface area contributed by atoms with Gasteiger partial charge in [0.05, 0.1) is 6.21 Å². The molecule has 3 rings (SSSR count). The van der Waals surface area contributed by atoms with E-state index in [1.165, 1.54) is 0 Å². The predicted octanol–water partition coefficient (Wildman–Crippen LogP) is 2.60. The quantitative estimate of drug-likeness (QED) is 0.504. The Morgan fingerprint density at radius 3 is 2.50 bits per heavy atom. The van der Waals surface area contributed by atoms with E-state index in [1.54, 1.807) is 6.21 Å². The third-order valence-corrected chi connectivity index (χ3v) is 4.75. The molecule has 0 atom stereocenters. The summed E-state index contributed by atoms with van der Waals surface area (Å²) >= 11 is 0. The van der Waals surface area contributed by atoms with Crippen LogP contribution in [-0.4, -0.2) is 28.6 Å². The molecule has 136 valence electrons. The SMILES string of the molecule is Cc1cc(/C=N\NC(=O)C(=O)NC2CCCC2)c(C)n1-c1ccccc1. The van der Waals surface area contributed by atoms with Gasteiger partial charge in [-0.05, 0) is 44.9 Å². The number of rotatable bonds is 4. The van der Waals surface area contributed by atoms with Crippen LogP contribution in [-0.2, 0) is 9.59 Å². The van der Waals surface area contributed by atoms with Crippen LogP contribution in [0.25, 0.3) is 5.69 Å². The molecule has 0 spiro atoms. The molecular weight excluding hydrogens is 328 g/mol. The molecule has 1 aliphatic carbocycles. The highest BCUT2D eigenvalue weighted by molar-refractivity contribution is 6.35. The van der Waals surface area contributed by atoms with Gasteiger partial charge in [-0.1, -0.05) is 31.0 Å². The van der Waals surface area contributed by atoms with Crippen LogP contribution in [0.2, 0.25) is 0 Å². The summed E-state index contributed by atoms with van der Waals surface area (Å²) in [7, 11) is 0. The monoisotopic (exact) mass is 352 g/mol. The molecule has 0 bridgehead atoms. The Kier molecular flexibility index (Phi) is 5.51. The third kappa shape index (κ3) is 4.02. The molecule has 6 nitrogen and oxygen atoms in total. The van der Waals surface area contributed by atoms with Crippen LogP contribution in [0.4, 0.5) is 0 Å². The maximum absolute atomic E-state index is 11.9. The summed E-state index contributed by atoms with van der Waals surface area (Å²) in [5, 5.41) is 6.69. The maximum Gasteiger partial charge on any atom is 0.329 e. The molecule has 26 heavy (non-hydrogen) atoms. The van der Waals surface area contributed by atoms with Gasteiger partial charge in [0, 0.05) is 28.7 Å². The average Bonchev–Trinajstić information content (AvgIpc) is 3.23. The standard InChI is InChI=1S/C20H24N4O2/c1-14-12-16(15(2)24(14)18-10-4-3-5-11-18)13-21-23-20(26)19(25)22-17-8-6-7-9-17/h3-5,10-13,17H,6-9H2,1-2H3,(H,22,25)(H,23,26)/b21-13-. The summed E-state index contributed by atoms with van der Waals surface area (Å²) in [4.78, 5) is 23.7. The normalized spacial score (nSPS) is 14.7. The fourth-order valence-corrected chi connectivity index (χ4v) is 3.43. The zero-order valence-electron chi connectivity index (χ0n) is 15.2. The Bertz CT molecular complexity index is 818. The molecule has 6 heteroatoms. The van der Waals surface area contributed by atoms with Crippen molar-refractivity contribution < 1.29 is 9.59 Å². The molecular formula is C20H24N4O2. The molecule has 1 aliphatic rings. The lowest BCUT2D eigenvalue weighted by Gasteiger charge is -2.10. The van der Waals surface area contributed by atoms with Gasteiger partial charge in [0.15, 0.2) is 0 Å². The van der Waals surface area contributed by atoms with Crippen molar-refractivity contribution >= 4 is 18.0 Å². The van der Waals surface area contributed by atoms with E-state index in [9.17, 15) is 9.59 Å². The fraction of sp³-hybridized carbons (Fsp3) is 0.350. The van der Waals surface area contributed by atoms with Gasteiger partial charge in [-0.15, -0.1) is 0 Å². The minimum atomic E-state index is -0.731. The highest BCUT2D eigenvalue weighted by Crippen LogP contribution is 2.19. The minimum absolute atomic E-state index is 0.113. The highest BCUT2D eigenvalue weighted by atomic mass is 16.2. The summed E-state index contributed by atoms with van der Waals surface area (Å²) in [5.41, 5.74) is 6.36. The van der Waals surface area contributed by atoms with Gasteiger partial charge in [-0.2, -0.15) is 5.10 Å². The van der Waals surface area contributed by atoms with Crippen molar-refractivity contribution in [2.24, 2.45) is 5.10 Å². The van der Waals surface area contributed by atoms with Crippen LogP contribution in [0, 0.1) is 13.8 Å². The number of para-hydroxylation sites is 1. The smallest absolute Gasteiger partial charge is 0.329 e. The summed E-state index contributed by atoms with van der Waals surface area (Å²) < 4.78 is 2.12. The molecule has 1 aromatic carbocycles. The van der Waals surface area contributed by atoms with Gasteiger partial charge in [0.1, 0.15) is 0 Å². The summed E-state index contributed by atoms with van der Waals surface area (Å²) in [5.74, 6) is -1.35. The van der Waals surface area contributed by atoms with Crippen LogP contribution in [0.5, 0.6) is 0 Å². The van der Waals surface area contributed by atoms with E-state index in [-0.39, 0.29) is 6.04 Å². The zero-order valence-corrected chi connectivity index (χ0v) is 15.2. The van der Waals surface area contributed by atoms with Gasteiger partial charge in [0.2, 0.25) is 0 Å². The molecule has 0 saturated heterocycles. The molecule has 2 amide bonds. The van der Waals surface area contributed by atoms with Crippen LogP contribution in [0.1, 0.15) is 42.6 Å². The molecule has 1 aromatic heterocycles. The number of aryl methyl sites for hydroxylation is 1. The van der Waals surface area contributed by atoms with Crippen molar-refractivity contribution in [2.45, 2.75) is 45.6 Å². The summed E-state index contributed by atoms with van der Waals surface area (Å²) in [6.07, 6.45) is 5.65. The fourth-order valence-electron chi connectivity index (χ4n) is 3.43. The number of aromatic nitrogens is 1. The van der Waals surface area contributed by atoms with E-state index in [1.807, 2.05) is 50.2 Å². The van der Waals surface area contributed by atoms with E-state index in [2.05, 4.69) is 20.4 Å². The third-order valence-electron chi connectivity index (χ3n) is 4.75. The van der Waals surface area contributed by atoms with Crippen molar-refractivity contribution in [3.05, 3.63) is 53.3 Å². The average molecular weight is 352 g/mol. The van der Waals surface area contributed by atoms with E-state index in [4.69, 9.17) is 0 Å². The molecule has 2 aromatic rings. The summed E-state index contributed by atoms with van der Waals surface area (Å²) in [6, 6.07) is 12.1. The van der Waals surface area contributed by atoms with Crippen molar-refractivity contribution in [2.75, 3.05) is 0 Å². The van der Waals surface area contributed by atoms with Crippen LogP contribution >= 0.6 is 0 Å². The molecule has 0 aliphatic heterocycles. The number of nitrogens with one attached hydrogen (secondary N) is 2. The van der Waals surface area contributed by atoms with Crippen LogP contribution in [0.3, 0.4) is 0 Å². The topological polar surface area (TPSA) is 75.5 Å². The first kappa shape index (κ1) is 17.9. The maximum atomic E-state index is 11.9. The Balaban J connectivity index is 1.63. The molecule has 1 fully saturated rings. The number of hydrogen-bond donors (Lipinski definition) is 2. The van der Waals surface area contributed by atoms with E-state index in [0.717, 1.165) is 48.3 Å². The number of nitrogens with zero attached hydrogens (tertiary/aromatic N) is 2. The Labute approximate surface area is 153 Å². The second-order valence-electron chi connectivity index (χ2n) is 6.65. The van der Waals surface area contributed by atoms with Crippen molar-refractivity contribution in [1.29, 1.82) is 0 Å². The highest BCUT2D eigenvalue weighted by Gasteiger charge is 2.21. The van der Waals surface area contributed by atoms with Crippen LogP contribution in [0.15, 0.2) is 41.5 Å². The van der Waals surface area contributed by atoms with Crippen molar-refractivity contribution in [3.63, 3.8) is 0 Å². The lowest BCUT2D eigenvalue weighted by Crippen LogP contribution is -2.42. The number of carbonyl (C=O) groups excluding carboxylic acids is 2. The number of carbonyl (C=O) groups is 2. The zero-order chi connectivity index (χ0) is 18.5. The number of amides is 2. The van der Waals surface area contributed by atoms with Gasteiger partial charge in [0.25, 0.3) is 0 Å². The van der Waals surface area contributed by atoms with E-state index in [0.29, 0.717) is 0 Å². The lowest BCUT2D eigenvalue weighted by molar-refractivity contribution is -0.139. The Morgan fingerprint density at radius 2 is 1.81 bits per heavy atom. The lowest BCUT2D eigenvalue weighted by atomic mass is 10.2. The van der Waals surface area contributed by atoms with Gasteiger partial charge < -0.3 is 9.88 Å². The van der Waals surface area contributed by atoms with Gasteiger partial charge >= 0.3 is 11.8 Å². The Hall–Kier alpha value is -2.89. The molecule has 0 radical (unpaired) electrons. The minimum Gasteiger partial charge on any atom is -0.345 e. The van der Waals surface area contributed by atoms with Gasteiger partial charge in [-0.25, -0.2) is 5.43 Å². The largest absolute Gasteiger partial charge is 0.345 e. The first-order valence-corrected chi connectivity index (χ1v) is 8.94. The molecule has 2 N–H and O–H groups in total. The van der Waals surface area contributed by atoms with Crippen molar-refractivity contribution in [3.8, 4) is 5.69 Å². The molecule has 1 heterocycles. The van der Waals surface area contributed by atoms with E-state index >= 15 is 0 Å². The first-order chi connectivity index (χ1) is 12.6. The molecule has 1 saturated carbocycles. The first-order valence-electron chi connectivity index (χ1n) is 8.94. The van der Waals surface area contributed by atoms with Crippen molar-refractivity contribution in [1.82, 2.24) is 15.3 Å². The second kappa shape index (κ2) is 7.99. The second-order valence-corrected chi connectivity index (χ2v) is 6.65. The number of hydrazone groups is 1. The van der Waals surface area contributed by atoms with Gasteiger partial charge in [-0.3, -0.25) is 9.59 Å². The van der Waals surface area contributed by atoms with E-state index < -0.39 is 11.8 Å².